The van der Waals surface area contributed by atoms with Gasteiger partial charge in [0.2, 0.25) is 0 Å². The van der Waals surface area contributed by atoms with Crippen LogP contribution in [-0.2, 0) is 6.18 Å². The third-order valence-electron chi connectivity index (χ3n) is 6.52. The van der Waals surface area contributed by atoms with Crippen LogP contribution < -0.4 is 5.32 Å². The first-order chi connectivity index (χ1) is 16.3. The lowest BCUT2D eigenvalue weighted by atomic mass is 9.76. The van der Waals surface area contributed by atoms with Gasteiger partial charge in [-0.25, -0.2) is 24.3 Å². The van der Waals surface area contributed by atoms with Crippen LogP contribution in [0.15, 0.2) is 49.1 Å². The standard InChI is InChI=1S/C23H22F4N6O/c24-15-4-1-3-14(20(15)21-28-7-2-8-29-21)22(34)33-12-13-5-6-17(33)16(9-13)32-19-11-30-18(10-31-19)23(25,26)27/h1-4,7-8,10-11,13,16-17,22,34H,5-6,9,12H2,(H,31,32). The van der Waals surface area contributed by atoms with Crippen LogP contribution in [0.4, 0.5) is 23.4 Å². The average Bonchev–Trinajstić information content (AvgIpc) is 2.84. The van der Waals surface area contributed by atoms with Gasteiger partial charge in [-0.05, 0) is 37.3 Å². The van der Waals surface area contributed by atoms with Crippen LogP contribution in [0, 0.1) is 11.7 Å². The first-order valence-corrected chi connectivity index (χ1v) is 11.0. The Kier molecular flexibility index (Phi) is 5.90. The van der Waals surface area contributed by atoms with Crippen LogP contribution in [-0.4, -0.2) is 48.6 Å². The fraction of sp³-hybridized carbons (Fsp3) is 0.391. The van der Waals surface area contributed by atoms with Crippen LogP contribution >= 0.6 is 0 Å². The predicted molar refractivity (Wildman–Crippen MR) is 115 cm³/mol. The summed E-state index contributed by atoms with van der Waals surface area (Å²) in [7, 11) is 0. The number of aliphatic hydroxyl groups excluding tert-OH is 1. The Bertz CT molecular complexity index is 1140. The van der Waals surface area contributed by atoms with Gasteiger partial charge in [-0.1, -0.05) is 12.1 Å². The highest BCUT2D eigenvalue weighted by Gasteiger charge is 2.44. The number of aliphatic hydroxyl groups is 1. The van der Waals surface area contributed by atoms with E-state index in [0.29, 0.717) is 18.3 Å². The molecule has 2 N–H and O–H groups in total. The number of alkyl halides is 3. The molecule has 4 unspecified atom stereocenters. The predicted octanol–water partition coefficient (Wildman–Crippen LogP) is 4.05. The molecule has 4 atom stereocenters. The summed E-state index contributed by atoms with van der Waals surface area (Å²) in [5.74, 6) is 0.166. The van der Waals surface area contributed by atoms with Gasteiger partial charge >= 0.3 is 6.18 Å². The highest BCUT2D eigenvalue weighted by molar-refractivity contribution is 5.61. The summed E-state index contributed by atoms with van der Waals surface area (Å²) in [6.45, 7) is 0.619. The summed E-state index contributed by atoms with van der Waals surface area (Å²) in [5, 5.41) is 14.6. The third-order valence-corrected chi connectivity index (χ3v) is 6.52. The minimum Gasteiger partial charge on any atom is -0.374 e. The summed E-state index contributed by atoms with van der Waals surface area (Å²) < 4.78 is 53.2. The highest BCUT2D eigenvalue weighted by atomic mass is 19.4. The van der Waals surface area contributed by atoms with Gasteiger partial charge in [0.15, 0.2) is 11.5 Å². The normalized spacial score (nSPS) is 23.6. The van der Waals surface area contributed by atoms with Crippen molar-refractivity contribution in [3.05, 3.63) is 66.1 Å². The second-order valence-corrected chi connectivity index (χ2v) is 8.63. The van der Waals surface area contributed by atoms with Gasteiger partial charge in [0.05, 0.1) is 18.0 Å². The van der Waals surface area contributed by atoms with Crippen LogP contribution in [0.5, 0.6) is 0 Å². The monoisotopic (exact) mass is 474 g/mol. The van der Waals surface area contributed by atoms with E-state index >= 15 is 0 Å². The Hall–Kier alpha value is -3.18. The number of aromatic nitrogens is 4. The van der Waals surface area contributed by atoms with E-state index in [9.17, 15) is 22.7 Å². The number of anilines is 1. The van der Waals surface area contributed by atoms with E-state index in [1.54, 1.807) is 12.1 Å². The summed E-state index contributed by atoms with van der Waals surface area (Å²) in [4.78, 5) is 17.6. The van der Waals surface area contributed by atoms with Gasteiger partial charge < -0.3 is 10.4 Å². The van der Waals surface area contributed by atoms with Crippen molar-refractivity contribution in [2.75, 3.05) is 11.9 Å². The molecule has 2 aromatic heterocycles. The number of hydrogen-bond donors (Lipinski definition) is 2. The quantitative estimate of drug-likeness (QED) is 0.540. The summed E-state index contributed by atoms with van der Waals surface area (Å²) >= 11 is 0. The van der Waals surface area contributed by atoms with Gasteiger partial charge in [0.25, 0.3) is 0 Å². The third kappa shape index (κ3) is 4.32. The molecule has 34 heavy (non-hydrogen) atoms. The molecule has 2 bridgehead atoms. The molecule has 178 valence electrons. The van der Waals surface area contributed by atoms with Crippen molar-refractivity contribution in [2.45, 2.75) is 43.8 Å². The van der Waals surface area contributed by atoms with E-state index < -0.39 is 23.9 Å². The molecule has 7 nitrogen and oxygen atoms in total. The van der Waals surface area contributed by atoms with Gasteiger partial charge in [-0.3, -0.25) is 4.90 Å². The van der Waals surface area contributed by atoms with E-state index in [-0.39, 0.29) is 35.2 Å². The largest absolute Gasteiger partial charge is 0.434 e. The van der Waals surface area contributed by atoms with E-state index in [1.165, 1.54) is 24.5 Å². The number of benzene rings is 1. The van der Waals surface area contributed by atoms with E-state index in [2.05, 4.69) is 25.3 Å². The number of hydrogen-bond acceptors (Lipinski definition) is 7. The Morgan fingerprint density at radius 1 is 1.03 bits per heavy atom. The maximum absolute atomic E-state index is 14.8. The molecular weight excluding hydrogens is 452 g/mol. The number of piperidine rings is 2. The molecular formula is C23H22F4N6O. The number of halogens is 4. The van der Waals surface area contributed by atoms with E-state index in [0.717, 1.165) is 25.5 Å². The van der Waals surface area contributed by atoms with Crippen LogP contribution in [0.3, 0.4) is 0 Å². The maximum Gasteiger partial charge on any atom is 0.434 e. The van der Waals surface area contributed by atoms with Crippen molar-refractivity contribution in [3.63, 3.8) is 0 Å². The zero-order valence-corrected chi connectivity index (χ0v) is 18.0. The molecule has 11 heteroatoms. The topological polar surface area (TPSA) is 87.1 Å². The minimum absolute atomic E-state index is 0.128. The molecule has 0 amide bonds. The number of nitrogens with zero attached hydrogens (tertiary/aromatic N) is 5. The molecule has 4 heterocycles. The molecule has 1 saturated carbocycles. The smallest absolute Gasteiger partial charge is 0.374 e. The fourth-order valence-electron chi connectivity index (χ4n) is 5.01. The van der Waals surface area contributed by atoms with Crippen molar-refractivity contribution >= 4 is 5.82 Å². The maximum atomic E-state index is 14.8. The lowest BCUT2D eigenvalue weighted by Crippen LogP contribution is -2.59. The fourth-order valence-corrected chi connectivity index (χ4v) is 5.01. The average molecular weight is 474 g/mol. The highest BCUT2D eigenvalue weighted by Crippen LogP contribution is 2.42. The Balaban J connectivity index is 1.40. The van der Waals surface area contributed by atoms with Crippen molar-refractivity contribution in [2.24, 2.45) is 5.92 Å². The number of nitrogens with one attached hydrogen (secondary N) is 1. The van der Waals surface area contributed by atoms with E-state index in [4.69, 9.17) is 0 Å². The minimum atomic E-state index is -4.55. The Morgan fingerprint density at radius 2 is 1.82 bits per heavy atom. The van der Waals surface area contributed by atoms with Gasteiger partial charge in [-0.2, -0.15) is 13.2 Å². The van der Waals surface area contributed by atoms with Crippen molar-refractivity contribution in [1.82, 2.24) is 24.8 Å². The second-order valence-electron chi connectivity index (χ2n) is 8.63. The first kappa shape index (κ1) is 22.6. The molecule has 0 radical (unpaired) electrons. The van der Waals surface area contributed by atoms with Gasteiger partial charge in [0, 0.05) is 36.6 Å². The van der Waals surface area contributed by atoms with Crippen LogP contribution in [0.1, 0.15) is 36.7 Å². The molecule has 1 aliphatic carbocycles. The van der Waals surface area contributed by atoms with Crippen molar-refractivity contribution in [1.29, 1.82) is 0 Å². The SMILES string of the molecule is OC(c1cccc(F)c1-c1ncccn1)N1CC2CCC1C(Nc1cnc(C(F)(F)F)cn1)C2. The Labute approximate surface area is 192 Å². The molecule has 2 aliphatic heterocycles. The van der Waals surface area contributed by atoms with Crippen molar-refractivity contribution in [3.8, 4) is 11.4 Å². The van der Waals surface area contributed by atoms with Crippen LogP contribution in [0.25, 0.3) is 11.4 Å². The summed E-state index contributed by atoms with van der Waals surface area (Å²) in [6, 6.07) is 5.85. The van der Waals surface area contributed by atoms with Crippen molar-refractivity contribution < 1.29 is 22.7 Å². The Morgan fingerprint density at radius 3 is 2.50 bits per heavy atom. The molecule has 3 fully saturated rings. The molecule has 2 saturated heterocycles. The zero-order valence-electron chi connectivity index (χ0n) is 18.0. The molecule has 6 rings (SSSR count). The van der Waals surface area contributed by atoms with Gasteiger partial charge in [0.1, 0.15) is 17.9 Å². The van der Waals surface area contributed by atoms with Gasteiger partial charge in [-0.15, -0.1) is 0 Å². The molecule has 1 aromatic carbocycles. The summed E-state index contributed by atoms with van der Waals surface area (Å²) in [5.41, 5.74) is -0.538. The molecule has 3 aliphatic rings. The van der Waals surface area contributed by atoms with E-state index in [1.807, 2.05) is 4.90 Å². The number of fused-ring (bicyclic) bond motifs is 3. The lowest BCUT2D eigenvalue weighted by molar-refractivity contribution is -0.141. The summed E-state index contributed by atoms with van der Waals surface area (Å²) in [6.07, 6.45) is 1.68. The zero-order chi connectivity index (χ0) is 23.9. The lowest BCUT2D eigenvalue weighted by Gasteiger charge is -2.51. The molecule has 3 aromatic rings. The second kappa shape index (κ2) is 8.88. The number of rotatable bonds is 5. The van der Waals surface area contributed by atoms with Crippen LogP contribution in [0.2, 0.25) is 0 Å². The first-order valence-electron chi connectivity index (χ1n) is 11.0. The molecule has 0 spiro atoms.